The van der Waals surface area contributed by atoms with Gasteiger partial charge in [0.25, 0.3) is 0 Å². The lowest BCUT2D eigenvalue weighted by Crippen LogP contribution is -2.79. The van der Waals surface area contributed by atoms with Gasteiger partial charge in [-0.15, -0.1) is 0 Å². The first-order chi connectivity index (χ1) is 21.1. The maximum atomic E-state index is 15.1. The monoisotopic (exact) mass is 624 g/mol. The number of ether oxygens (including phenoxy) is 4. The number of hydrogen-bond acceptors (Lipinski definition) is 11. The van der Waals surface area contributed by atoms with E-state index in [0.29, 0.717) is 24.0 Å². The third-order valence-electron chi connectivity index (χ3n) is 12.1. The topological polar surface area (TPSA) is 156 Å². The van der Waals surface area contributed by atoms with Crippen molar-refractivity contribution < 1.29 is 52.4 Å². The first-order valence-corrected chi connectivity index (χ1v) is 15.4. The van der Waals surface area contributed by atoms with Gasteiger partial charge in [-0.3, -0.25) is 19.2 Å². The van der Waals surface area contributed by atoms with E-state index in [2.05, 4.69) is 0 Å². The van der Waals surface area contributed by atoms with Gasteiger partial charge in [-0.05, 0) is 50.2 Å². The highest BCUT2D eigenvalue weighted by molar-refractivity contribution is 6.08. The average Bonchev–Trinajstić information content (AvgIpc) is 3.64. The number of esters is 4. The fourth-order valence-corrected chi connectivity index (χ4v) is 10.1. The SMILES string of the molecule is CC=C(C)C(=O)OC12CC3(C)C(OC(C)=O)C1(O)C(=O)C1=C4CC(=O)OC(c5ccoc5)C4(C)CCC1C2(C)C3CC(=O)OC. The molecule has 0 radical (unpaired) electrons. The number of carbonyl (C=O) groups excluding carboxylic acids is 5. The molecule has 0 aromatic carbocycles. The number of ketones is 1. The van der Waals surface area contributed by atoms with Gasteiger partial charge in [-0.1, -0.05) is 26.8 Å². The molecule has 11 nitrogen and oxygen atoms in total. The molecular formula is C34H40O11. The van der Waals surface area contributed by atoms with Crippen molar-refractivity contribution in [3.05, 3.63) is 47.0 Å². The highest BCUT2D eigenvalue weighted by Crippen LogP contribution is 2.81. The minimum absolute atomic E-state index is 0.0306. The largest absolute Gasteiger partial charge is 0.472 e. The number of allylic oxidation sites excluding steroid dienone is 1. The first-order valence-electron chi connectivity index (χ1n) is 15.4. The number of hydrogen-bond donors (Lipinski definition) is 1. The van der Waals surface area contributed by atoms with Crippen LogP contribution in [0, 0.1) is 28.1 Å². The first kappa shape index (κ1) is 31.3. The predicted molar refractivity (Wildman–Crippen MR) is 155 cm³/mol. The smallest absolute Gasteiger partial charge is 0.334 e. The van der Waals surface area contributed by atoms with Crippen LogP contribution in [0.5, 0.6) is 0 Å². The molecular weight excluding hydrogens is 584 g/mol. The fraction of sp³-hybridized carbons (Fsp3) is 0.618. The van der Waals surface area contributed by atoms with E-state index in [-0.39, 0.29) is 30.4 Å². The number of furan rings is 1. The zero-order valence-corrected chi connectivity index (χ0v) is 26.7. The van der Waals surface area contributed by atoms with E-state index in [0.717, 1.165) is 0 Å². The highest BCUT2D eigenvalue weighted by Gasteiger charge is 2.92. The second-order valence-corrected chi connectivity index (χ2v) is 14.1. The van der Waals surface area contributed by atoms with E-state index >= 15 is 4.79 Å². The molecule has 1 N–H and O–H groups in total. The molecule has 5 aliphatic rings. The van der Waals surface area contributed by atoms with Gasteiger partial charge in [-0.2, -0.15) is 0 Å². The van der Waals surface area contributed by atoms with Crippen molar-refractivity contribution in [1.82, 2.24) is 0 Å². The molecule has 11 heteroatoms. The summed E-state index contributed by atoms with van der Waals surface area (Å²) in [4.78, 5) is 67.6. The van der Waals surface area contributed by atoms with Crippen LogP contribution < -0.4 is 0 Å². The van der Waals surface area contributed by atoms with Crippen molar-refractivity contribution in [3.8, 4) is 0 Å². The van der Waals surface area contributed by atoms with E-state index in [9.17, 15) is 24.3 Å². The third kappa shape index (κ3) is 3.70. The van der Waals surface area contributed by atoms with Crippen LogP contribution in [-0.2, 0) is 42.9 Å². The standard InChI is InChI=1S/C34H40O11/c1-8-17(2)28(39)45-33-16-31(5)22(14-23(36)41-7)32(33,6)20-9-11-30(4)21(13-24(37)44-27(30)19-10-12-42-15-19)25(20)26(38)34(33,40)29(31)43-18(3)35/h8,10,12,15,20,22,27,29,40H,9,11,13-14,16H2,1-7H3. The van der Waals surface area contributed by atoms with Crippen molar-refractivity contribution in [3.63, 3.8) is 0 Å². The van der Waals surface area contributed by atoms with Gasteiger partial charge in [0.1, 0.15) is 12.2 Å². The van der Waals surface area contributed by atoms with Crippen LogP contribution in [0.15, 0.2) is 45.8 Å². The Morgan fingerprint density at radius 1 is 1.16 bits per heavy atom. The number of methoxy groups -OCH3 is 1. The lowest BCUT2D eigenvalue weighted by atomic mass is 9.41. The summed E-state index contributed by atoms with van der Waals surface area (Å²) in [6.07, 6.45) is 2.91. The van der Waals surface area contributed by atoms with Crippen LogP contribution in [0.25, 0.3) is 0 Å². The van der Waals surface area contributed by atoms with E-state index in [1.54, 1.807) is 32.9 Å². The second kappa shape index (κ2) is 9.88. The van der Waals surface area contributed by atoms with Crippen molar-refractivity contribution in [1.29, 1.82) is 0 Å². The zero-order chi connectivity index (χ0) is 32.9. The molecule has 1 aromatic heterocycles. The Balaban J connectivity index is 1.66. The molecule has 242 valence electrons. The summed E-state index contributed by atoms with van der Waals surface area (Å²) in [7, 11) is 1.28. The minimum atomic E-state index is -2.51. The maximum Gasteiger partial charge on any atom is 0.334 e. The highest BCUT2D eigenvalue weighted by atomic mass is 16.6. The molecule has 4 fully saturated rings. The minimum Gasteiger partial charge on any atom is -0.472 e. The predicted octanol–water partition coefficient (Wildman–Crippen LogP) is 4.08. The van der Waals surface area contributed by atoms with Crippen molar-refractivity contribution in [2.45, 2.75) is 97.1 Å². The van der Waals surface area contributed by atoms with Crippen LogP contribution in [0.3, 0.4) is 0 Å². The molecule has 2 bridgehead atoms. The average molecular weight is 625 g/mol. The summed E-state index contributed by atoms with van der Waals surface area (Å²) in [5.41, 5.74) is -5.89. The normalized spacial score (nSPS) is 41.6. The molecule has 1 aliphatic heterocycles. The van der Waals surface area contributed by atoms with Crippen LogP contribution in [0.1, 0.15) is 85.3 Å². The Bertz CT molecular complexity index is 1570. The lowest BCUT2D eigenvalue weighted by Gasteiger charge is -2.66. The van der Waals surface area contributed by atoms with Crippen molar-refractivity contribution in [2.75, 3.05) is 7.11 Å². The van der Waals surface area contributed by atoms with E-state index in [1.807, 2.05) is 13.8 Å². The molecule has 4 aliphatic carbocycles. The Kier molecular flexibility index (Phi) is 6.87. The molecule has 1 aromatic rings. The molecule has 1 saturated heterocycles. The summed E-state index contributed by atoms with van der Waals surface area (Å²) in [6, 6.07) is 1.71. The molecule has 45 heavy (non-hydrogen) atoms. The molecule has 6 rings (SSSR count). The van der Waals surface area contributed by atoms with Gasteiger partial charge in [0.05, 0.1) is 26.1 Å². The van der Waals surface area contributed by atoms with Crippen LogP contribution in [0.4, 0.5) is 0 Å². The Labute approximate surface area is 261 Å². The van der Waals surface area contributed by atoms with Crippen molar-refractivity contribution in [2.24, 2.45) is 28.1 Å². The van der Waals surface area contributed by atoms with E-state index in [1.165, 1.54) is 26.6 Å². The van der Waals surface area contributed by atoms with Gasteiger partial charge in [0.15, 0.2) is 11.4 Å². The Morgan fingerprint density at radius 3 is 2.47 bits per heavy atom. The molecule has 9 unspecified atom stereocenters. The van der Waals surface area contributed by atoms with Gasteiger partial charge in [-0.25, -0.2) is 4.79 Å². The van der Waals surface area contributed by atoms with E-state index < -0.39 is 81.2 Å². The second-order valence-electron chi connectivity index (χ2n) is 14.1. The Morgan fingerprint density at radius 2 is 1.87 bits per heavy atom. The summed E-state index contributed by atoms with van der Waals surface area (Å²) in [5, 5.41) is 13.0. The summed E-state index contributed by atoms with van der Waals surface area (Å²) in [5.74, 6) is -4.53. The Hall–Kier alpha value is -3.73. The van der Waals surface area contributed by atoms with Gasteiger partial charge < -0.3 is 28.5 Å². The summed E-state index contributed by atoms with van der Waals surface area (Å²) >= 11 is 0. The molecule has 3 saturated carbocycles. The number of carbonyl (C=O) groups is 5. The number of Topliss-reactive ketones (excluding diaryl/α,β-unsaturated/α-hetero) is 1. The van der Waals surface area contributed by atoms with E-state index in [4.69, 9.17) is 23.4 Å². The van der Waals surface area contributed by atoms with Gasteiger partial charge in [0, 0.05) is 52.7 Å². The van der Waals surface area contributed by atoms with Crippen LogP contribution >= 0.6 is 0 Å². The van der Waals surface area contributed by atoms with Gasteiger partial charge >= 0.3 is 23.9 Å². The maximum absolute atomic E-state index is 15.1. The number of fused-ring (bicyclic) bond motifs is 4. The lowest BCUT2D eigenvalue weighted by molar-refractivity contribution is -0.277. The molecule has 0 spiro atoms. The molecule has 0 amide bonds. The van der Waals surface area contributed by atoms with Crippen LogP contribution in [-0.4, -0.2) is 59.2 Å². The summed E-state index contributed by atoms with van der Waals surface area (Å²) < 4.78 is 28.5. The van der Waals surface area contributed by atoms with Crippen molar-refractivity contribution >= 4 is 29.7 Å². The molecule has 2 heterocycles. The third-order valence-corrected chi connectivity index (χ3v) is 12.1. The zero-order valence-electron chi connectivity index (χ0n) is 26.7. The van der Waals surface area contributed by atoms with Crippen LogP contribution in [0.2, 0.25) is 0 Å². The number of cyclic esters (lactones) is 1. The van der Waals surface area contributed by atoms with Gasteiger partial charge in [0.2, 0.25) is 5.60 Å². The fourth-order valence-electron chi connectivity index (χ4n) is 10.1. The molecule has 9 atom stereocenters. The summed E-state index contributed by atoms with van der Waals surface area (Å²) in [6.45, 7) is 9.99. The number of rotatable bonds is 6. The number of aliphatic hydroxyl groups is 1. The quantitative estimate of drug-likeness (QED) is 0.276.